The van der Waals surface area contributed by atoms with Gasteiger partial charge in [-0.3, -0.25) is 0 Å². The molecular weight excluding hydrogens is 1740 g/mol. The minimum absolute atomic E-state index is 0.0111. The van der Waals surface area contributed by atoms with Crippen LogP contribution in [-0.2, 0) is 5.41 Å². The van der Waals surface area contributed by atoms with Gasteiger partial charge in [0.1, 0.15) is 23.3 Å². The molecule has 0 radical (unpaired) electrons. The first kappa shape index (κ1) is 70.1. The average molecular weight is 1820 g/mol. The lowest BCUT2D eigenvalue weighted by atomic mass is 9.86. The summed E-state index contributed by atoms with van der Waals surface area (Å²) >= 11 is 0. The van der Waals surface area contributed by atoms with Crippen molar-refractivity contribution >= 4 is 230 Å². The number of benzene rings is 20. The molecule has 30 aromatic rings. The maximum absolute atomic E-state index is 12.5. The summed E-state index contributed by atoms with van der Waals surface area (Å²) in [7, 11) is 0. The Morgan fingerprint density at radius 1 is 0.239 bits per heavy atom. The molecule has 10 aromatic heterocycles. The van der Waals surface area contributed by atoms with Gasteiger partial charge in [0.05, 0.1) is 172 Å². The summed E-state index contributed by atoms with van der Waals surface area (Å²) in [6, 6.07) is 116. The Balaban J connectivity index is 0.000000143. The fraction of sp³-hybridized carbons (Fsp3) is 0.0312. The van der Waals surface area contributed by atoms with Gasteiger partial charge in [-0.25, -0.2) is 9.69 Å². The normalized spacial score (nSPS) is 13.1. The number of nitrogens with zero attached hydrogens (tertiary/aromatic N) is 12. The molecule has 0 aliphatic carbocycles. The van der Waals surface area contributed by atoms with Crippen molar-refractivity contribution in [2.75, 3.05) is 0 Å². The third-order valence-electron chi connectivity index (χ3n) is 29.1. The van der Waals surface area contributed by atoms with Crippen LogP contribution in [0.1, 0.15) is 51.2 Å². The predicted octanol–water partition coefficient (Wildman–Crippen LogP) is 34.1. The molecule has 20 aromatic carbocycles. The Morgan fingerprint density at radius 2 is 0.528 bits per heavy atom. The van der Waals surface area contributed by atoms with Gasteiger partial charge in [0.2, 0.25) is 11.4 Å². The lowest BCUT2D eigenvalue weighted by molar-refractivity contribution is 0.591. The monoisotopic (exact) mass is 1820 g/mol. The first-order valence-corrected chi connectivity index (χ1v) is 46.9. The van der Waals surface area contributed by atoms with Crippen LogP contribution < -0.4 is 0 Å². The Kier molecular flexibility index (Phi) is 14.8. The van der Waals surface area contributed by atoms with Crippen molar-refractivity contribution in [3.63, 3.8) is 0 Å². The van der Waals surface area contributed by atoms with E-state index in [1.807, 2.05) is 184 Å². The topological polar surface area (TPSA) is 122 Å². The molecule has 0 fully saturated rings. The van der Waals surface area contributed by atoms with Crippen molar-refractivity contribution in [2.45, 2.75) is 26.2 Å². The molecule has 10 heterocycles. The van der Waals surface area contributed by atoms with E-state index in [9.17, 15) is 31.9 Å². The van der Waals surface area contributed by atoms with E-state index in [1.54, 1.807) is 0 Å². The largest absolute Gasteiger partial charge is 0.454 e. The summed E-state index contributed by atoms with van der Waals surface area (Å²) in [5.41, 5.74) is 16.7. The van der Waals surface area contributed by atoms with Crippen LogP contribution in [0.15, 0.2) is 415 Å². The molecule has 14 heteroatoms. The van der Waals surface area contributed by atoms with Gasteiger partial charge in [0, 0.05) is 108 Å². The van der Waals surface area contributed by atoms with Crippen LogP contribution >= 0.6 is 0 Å². The minimum atomic E-state index is -0.635. The first-order chi connectivity index (χ1) is 74.2. The minimum Gasteiger partial charge on any atom is -0.454 e. The number of nitriles is 2. The van der Waals surface area contributed by atoms with E-state index in [1.165, 1.54) is 10.1 Å². The van der Waals surface area contributed by atoms with Gasteiger partial charge in [0.25, 0.3) is 0 Å². The quantitative estimate of drug-likeness (QED) is 0.141. The van der Waals surface area contributed by atoms with Crippen molar-refractivity contribution in [3.8, 4) is 57.6 Å². The zero-order valence-electron chi connectivity index (χ0n) is 86.1. The molecule has 0 bridgehead atoms. The van der Waals surface area contributed by atoms with Crippen molar-refractivity contribution < 1.29 is 22.5 Å². The van der Waals surface area contributed by atoms with Crippen molar-refractivity contribution in [2.24, 2.45) is 0 Å². The first-order valence-electron chi connectivity index (χ1n) is 51.9. The van der Waals surface area contributed by atoms with Gasteiger partial charge in [-0.05, 0) is 126 Å². The van der Waals surface area contributed by atoms with E-state index >= 15 is 0 Å². The maximum Gasteiger partial charge on any atom is 0.237 e. The molecule has 0 atom stereocenters. The number of para-hydroxylation sites is 15. The zero-order chi connectivity index (χ0) is 103. The van der Waals surface area contributed by atoms with Gasteiger partial charge in [-0.1, -0.05) is 312 Å². The van der Waals surface area contributed by atoms with Crippen molar-refractivity contribution in [3.05, 3.63) is 446 Å². The predicted molar refractivity (Wildman–Crippen MR) is 583 cm³/mol. The number of hydrogen-bond acceptors (Lipinski definition) is 4. The third-order valence-corrected chi connectivity index (χ3v) is 29.1. The average Bonchev–Trinajstić information content (AvgIpc) is 1.50. The maximum atomic E-state index is 12.5. The number of rotatable bonds is 8. The van der Waals surface area contributed by atoms with Gasteiger partial charge >= 0.3 is 0 Å². The van der Waals surface area contributed by atoms with E-state index < -0.39 is 60.4 Å². The molecule has 0 aliphatic heterocycles. The lowest BCUT2D eigenvalue weighted by Gasteiger charge is -2.27. The van der Waals surface area contributed by atoms with E-state index in [4.69, 9.17) is 19.2 Å². The number of furan rings is 2. The second-order valence-corrected chi connectivity index (χ2v) is 37.2. The standard InChI is InChI=1S/C66H42N6O.C62H34N6O/c1-66(2,3)39-33-36-57-49(37-39)47-34-35-48-46-25-11-18-32-58(46)73-65(48)62(47)72(57)64-61(70-53-28-14-7-21-42(53)43-22-8-15-29-54(43)70)50(38-67)60(69-51-26-12-5-19-40(51)41-20-6-13-27-52(41)69)59(68-4)63(64)71-55-30-16-9-23-44(55)45-24-10-17-31-56(45)71;1-64-56-57(65-48-26-10-2-18-37(48)38-19-3-11-27-49(38)65)47(36-63)58(66-50-28-12-4-20-39(50)40-21-5-13-29-51(40)66)61(60(56)67-52-30-14-6-22-41(52)42-23-7-15-31-53(42)67)68-54-32-16-8-24-43(54)45-34-35-46-44-25-9-17-33-55(44)69-62(46)59(45)68/h5-37H,1-3H3;2-35H/i;8D,9D,16D,17D,24D,25D,32D,33D,34D,35D. The highest BCUT2D eigenvalue weighted by Gasteiger charge is 2.39. The second kappa shape index (κ2) is 29.9. The van der Waals surface area contributed by atoms with Gasteiger partial charge in [-0.15, -0.1) is 0 Å². The highest BCUT2D eigenvalue weighted by molar-refractivity contribution is 6.27. The Bertz CT molecular complexity index is 11100. The number of fused-ring (bicyclic) bond motifs is 32. The highest BCUT2D eigenvalue weighted by Crippen LogP contribution is 2.57. The molecule has 142 heavy (non-hydrogen) atoms. The highest BCUT2D eigenvalue weighted by atomic mass is 16.3. The van der Waals surface area contributed by atoms with Crippen LogP contribution in [0, 0.1) is 35.8 Å². The van der Waals surface area contributed by atoms with E-state index in [-0.39, 0.29) is 83.2 Å². The Morgan fingerprint density at radius 3 is 0.901 bits per heavy atom. The molecule has 0 unspecified atom stereocenters. The summed E-state index contributed by atoms with van der Waals surface area (Å²) < 4.78 is 124. The number of hydrogen-bond donors (Lipinski definition) is 0. The third kappa shape index (κ3) is 10.8. The Hall–Kier alpha value is -19.6. The fourth-order valence-corrected chi connectivity index (χ4v) is 23.3. The van der Waals surface area contributed by atoms with E-state index in [0.29, 0.717) is 67.1 Å². The molecule has 0 N–H and O–H groups in total. The molecule has 0 saturated carbocycles. The molecule has 30 rings (SSSR count). The number of aromatic nitrogens is 8. The van der Waals surface area contributed by atoms with E-state index in [2.05, 4.69) is 232 Å². The molecule has 660 valence electrons. The van der Waals surface area contributed by atoms with Crippen LogP contribution in [0.25, 0.3) is 274 Å². The fourth-order valence-electron chi connectivity index (χ4n) is 23.3. The van der Waals surface area contributed by atoms with Gasteiger partial charge in [0.15, 0.2) is 11.2 Å². The summed E-state index contributed by atoms with van der Waals surface area (Å²) in [5, 5.41) is 39.6. The molecule has 0 saturated heterocycles. The Labute approximate surface area is 823 Å². The summed E-state index contributed by atoms with van der Waals surface area (Å²) in [4.78, 5) is 9.29. The van der Waals surface area contributed by atoms with Crippen LogP contribution in [-0.4, -0.2) is 36.5 Å². The molecule has 0 aliphatic rings. The van der Waals surface area contributed by atoms with Crippen LogP contribution in [0.2, 0.25) is 0 Å². The lowest BCUT2D eigenvalue weighted by Crippen LogP contribution is -2.15. The summed E-state index contributed by atoms with van der Waals surface area (Å²) in [6.45, 7) is 26.2. The summed E-state index contributed by atoms with van der Waals surface area (Å²) in [5.74, 6) is 0. The molecule has 14 nitrogen and oxygen atoms in total. The summed E-state index contributed by atoms with van der Waals surface area (Å²) in [6.07, 6.45) is 0. The SMILES string of the molecule is [2H]c1c([2H])c([2H])c2c(oc3c2c([2H])c([2H])c2c4c([2H])c([2H])c([2H])c([2H])c4n(-c4c(-n5c6ccccc6c6ccccc65)c(C#N)c(-n5c6ccccc6c6ccccc65)c([N+]#[C-])c4-n4c5ccccc5c5ccccc54)c32)c1[2H].[C-]#[N+]c1c(-n2c3ccccc3c3ccccc32)c(C#N)c(-n2c3ccccc3c3ccccc32)c(-n2c3ccc(C(C)(C)C)cc3c3ccc4c5ccccc5oc4c32)c1-n1c2ccccc2c2ccccc21. The molecule has 0 amide bonds. The van der Waals surface area contributed by atoms with Crippen LogP contribution in [0.4, 0.5) is 11.4 Å². The van der Waals surface area contributed by atoms with Crippen LogP contribution in [0.3, 0.4) is 0 Å². The smallest absolute Gasteiger partial charge is 0.237 e. The van der Waals surface area contributed by atoms with Crippen molar-refractivity contribution in [1.29, 1.82) is 10.5 Å². The van der Waals surface area contributed by atoms with Crippen LogP contribution in [0.5, 0.6) is 0 Å². The molecular formula is C128H76N12O2. The van der Waals surface area contributed by atoms with Crippen molar-refractivity contribution in [1.82, 2.24) is 36.5 Å². The zero-order valence-corrected chi connectivity index (χ0v) is 76.1. The van der Waals surface area contributed by atoms with E-state index in [0.717, 1.165) is 141 Å². The molecule has 0 spiro atoms. The van der Waals surface area contributed by atoms with Gasteiger partial charge < -0.3 is 45.4 Å². The van der Waals surface area contributed by atoms with Gasteiger partial charge in [-0.2, -0.15) is 10.5 Å². The second-order valence-electron chi connectivity index (χ2n) is 37.2.